The lowest BCUT2D eigenvalue weighted by Crippen LogP contribution is -2.31. The Morgan fingerprint density at radius 2 is 2.23 bits per heavy atom. The zero-order chi connectivity index (χ0) is 18.3. The lowest BCUT2D eigenvalue weighted by Gasteiger charge is -2.14. The summed E-state index contributed by atoms with van der Waals surface area (Å²) in [5, 5.41) is 0.947. The van der Waals surface area contributed by atoms with Crippen molar-refractivity contribution in [2.24, 2.45) is 5.73 Å². The number of H-pyrrole nitrogens is 1. The second kappa shape index (κ2) is 6.42. The van der Waals surface area contributed by atoms with E-state index in [1.165, 1.54) is 12.3 Å². The number of carbonyl (C=O) groups is 1. The fraction of sp³-hybridized carbons (Fsp3) is 0.263. The van der Waals surface area contributed by atoms with E-state index in [1.54, 1.807) is 0 Å². The third-order valence-electron chi connectivity index (χ3n) is 4.71. The quantitative estimate of drug-likeness (QED) is 0.758. The summed E-state index contributed by atoms with van der Waals surface area (Å²) < 4.78 is 14.2. The van der Waals surface area contributed by atoms with Crippen molar-refractivity contribution >= 4 is 16.9 Å². The smallest absolute Gasteiger partial charge is 0.325 e. The molecule has 0 spiro atoms. The van der Waals surface area contributed by atoms with Gasteiger partial charge >= 0.3 is 6.03 Å². The van der Waals surface area contributed by atoms with Gasteiger partial charge in [0, 0.05) is 42.8 Å². The summed E-state index contributed by atoms with van der Waals surface area (Å²) >= 11 is 0. The molecule has 0 unspecified atom stereocenters. The first-order chi connectivity index (χ1) is 12.5. The molecule has 0 bridgehead atoms. The Morgan fingerprint density at radius 3 is 2.96 bits per heavy atom. The zero-order valence-corrected chi connectivity index (χ0v) is 14.0. The maximum absolute atomic E-state index is 13.3. The number of hydrogen-bond acceptors (Lipinski definition) is 3. The molecular weight excluding hydrogens is 335 g/mol. The zero-order valence-electron chi connectivity index (χ0n) is 14.0. The minimum atomic E-state index is -0.844. The fourth-order valence-electron chi connectivity index (χ4n) is 3.41. The van der Waals surface area contributed by atoms with Gasteiger partial charge in [-0.1, -0.05) is 6.07 Å². The number of rotatable bonds is 3. The van der Waals surface area contributed by atoms with Gasteiger partial charge < -0.3 is 10.7 Å². The molecule has 7 heteroatoms. The molecule has 1 saturated heterocycles. The van der Waals surface area contributed by atoms with Crippen LogP contribution in [-0.2, 0) is 6.54 Å². The lowest BCUT2D eigenvalue weighted by molar-refractivity contribution is 0.249. The van der Waals surface area contributed by atoms with Crippen molar-refractivity contribution in [1.82, 2.24) is 14.5 Å². The molecule has 3 N–H and O–H groups in total. The van der Waals surface area contributed by atoms with Crippen LogP contribution < -0.4 is 11.3 Å². The van der Waals surface area contributed by atoms with E-state index in [9.17, 15) is 14.0 Å². The summed E-state index contributed by atoms with van der Waals surface area (Å²) in [6.45, 7) is 1.94. The summed E-state index contributed by atoms with van der Waals surface area (Å²) in [5.74, 6) is 0. The number of hydrogen-bond donors (Lipinski definition) is 2. The van der Waals surface area contributed by atoms with Crippen molar-refractivity contribution in [2.75, 3.05) is 13.1 Å². The summed E-state index contributed by atoms with van der Waals surface area (Å²) in [7, 11) is 0. The molecule has 4 rings (SSSR count). The average molecular weight is 353 g/mol. The van der Waals surface area contributed by atoms with Crippen LogP contribution >= 0.6 is 0 Å². The average Bonchev–Trinajstić information content (AvgIpc) is 3.20. The van der Waals surface area contributed by atoms with Crippen LogP contribution in [0.15, 0.2) is 41.3 Å². The van der Waals surface area contributed by atoms with Crippen molar-refractivity contribution in [3.05, 3.63) is 58.5 Å². The standard InChI is InChI=1S/C19H18FN4O2/c20-14-5-7-23(11-14)10-12-3-4-16-13(8-12)9-17(22-16)15-2-1-6-24(18(15)25)19(21)26/h2-4,6,8-9,14,22H,5,7,10-11H2,(H2,21,26)/t14-/m1/s1. The van der Waals surface area contributed by atoms with Crippen molar-refractivity contribution < 1.29 is 9.18 Å². The molecular formula is C19H18FN4O2. The van der Waals surface area contributed by atoms with Gasteiger partial charge in [-0.3, -0.25) is 9.69 Å². The van der Waals surface area contributed by atoms with Gasteiger partial charge in [0.2, 0.25) is 0 Å². The van der Waals surface area contributed by atoms with Crippen molar-refractivity contribution in [1.29, 1.82) is 0 Å². The van der Waals surface area contributed by atoms with Gasteiger partial charge in [0.05, 0.1) is 11.3 Å². The number of primary amides is 1. The third kappa shape index (κ3) is 3.01. The molecule has 0 aliphatic carbocycles. The summed E-state index contributed by atoms with van der Waals surface area (Å²) in [6.07, 6.45) is 1.08. The molecule has 1 aromatic carbocycles. The Hall–Kier alpha value is -2.93. The van der Waals surface area contributed by atoms with Gasteiger partial charge in [-0.15, -0.1) is 0 Å². The van der Waals surface area contributed by atoms with Crippen LogP contribution in [0.25, 0.3) is 22.2 Å². The number of likely N-dealkylation sites (tertiary alicyclic amines) is 1. The van der Waals surface area contributed by atoms with Gasteiger partial charge in [0.15, 0.2) is 0 Å². The maximum atomic E-state index is 13.3. The Morgan fingerprint density at radius 1 is 1.38 bits per heavy atom. The highest BCUT2D eigenvalue weighted by Crippen LogP contribution is 2.24. The van der Waals surface area contributed by atoms with Crippen LogP contribution in [-0.4, -0.2) is 39.7 Å². The Kier molecular flexibility index (Phi) is 4.08. The number of nitrogens with two attached hydrogens (primary N) is 1. The van der Waals surface area contributed by atoms with Gasteiger partial charge in [-0.05, 0) is 36.2 Å². The lowest BCUT2D eigenvalue weighted by atomic mass is 10.1. The first kappa shape index (κ1) is 16.5. The number of pyridine rings is 1. The van der Waals surface area contributed by atoms with Crippen molar-refractivity contribution in [2.45, 2.75) is 19.1 Å². The number of fused-ring (bicyclic) bond motifs is 1. The highest BCUT2D eigenvalue weighted by molar-refractivity contribution is 5.86. The van der Waals surface area contributed by atoms with Crippen LogP contribution in [0, 0.1) is 6.07 Å². The summed E-state index contributed by atoms with van der Waals surface area (Å²) in [5.41, 5.74) is 7.60. The normalized spacial score (nSPS) is 17.8. The van der Waals surface area contributed by atoms with E-state index in [2.05, 4.69) is 16.0 Å². The molecule has 1 amide bonds. The number of aromatic amines is 1. The number of carbonyl (C=O) groups excluding carboxylic acids is 1. The Labute approximate surface area is 149 Å². The van der Waals surface area contributed by atoms with E-state index >= 15 is 0 Å². The second-order valence-electron chi connectivity index (χ2n) is 6.59. The molecule has 1 atom stereocenters. The van der Waals surface area contributed by atoms with Gasteiger partial charge in [0.1, 0.15) is 6.17 Å². The predicted octanol–water partition coefficient (Wildman–Crippen LogP) is 2.27. The number of nitrogens with one attached hydrogen (secondary N) is 1. The number of halogens is 1. The number of aromatic nitrogens is 2. The monoisotopic (exact) mass is 353 g/mol. The number of amides is 1. The van der Waals surface area contributed by atoms with E-state index in [0.717, 1.165) is 27.6 Å². The van der Waals surface area contributed by atoms with Crippen LogP contribution in [0.4, 0.5) is 9.18 Å². The van der Waals surface area contributed by atoms with Crippen molar-refractivity contribution in [3.8, 4) is 11.3 Å². The van der Waals surface area contributed by atoms with E-state index in [0.29, 0.717) is 30.8 Å². The van der Waals surface area contributed by atoms with Gasteiger partial charge in [-0.25, -0.2) is 13.8 Å². The molecule has 1 fully saturated rings. The number of nitrogens with zero attached hydrogens (tertiary/aromatic N) is 2. The van der Waals surface area contributed by atoms with E-state index in [1.807, 2.05) is 24.3 Å². The molecule has 26 heavy (non-hydrogen) atoms. The molecule has 0 saturated carbocycles. The van der Waals surface area contributed by atoms with E-state index < -0.39 is 17.8 Å². The first-order valence-electron chi connectivity index (χ1n) is 8.42. The highest BCUT2D eigenvalue weighted by Gasteiger charge is 2.21. The van der Waals surface area contributed by atoms with E-state index in [-0.39, 0.29) is 0 Å². The molecule has 1 aliphatic heterocycles. The molecule has 6 nitrogen and oxygen atoms in total. The third-order valence-corrected chi connectivity index (χ3v) is 4.71. The summed E-state index contributed by atoms with van der Waals surface area (Å²) in [4.78, 5) is 29.0. The summed E-state index contributed by atoms with van der Waals surface area (Å²) in [6, 6.07) is 11.3. The van der Waals surface area contributed by atoms with Crippen LogP contribution in [0.2, 0.25) is 0 Å². The van der Waals surface area contributed by atoms with Gasteiger partial charge in [0.25, 0.3) is 5.56 Å². The van der Waals surface area contributed by atoms with Gasteiger partial charge in [-0.2, -0.15) is 0 Å². The van der Waals surface area contributed by atoms with Crippen LogP contribution in [0.5, 0.6) is 0 Å². The first-order valence-corrected chi connectivity index (χ1v) is 8.42. The van der Waals surface area contributed by atoms with E-state index in [4.69, 9.17) is 5.73 Å². The number of alkyl halides is 1. The second-order valence-corrected chi connectivity index (χ2v) is 6.59. The fourth-order valence-corrected chi connectivity index (χ4v) is 3.41. The number of benzene rings is 1. The Bertz CT molecular complexity index is 1040. The molecule has 3 heterocycles. The SMILES string of the molecule is NC(=O)n1c[c]cc(-c2cc3cc(CN4CC[C@@H](F)C4)ccc3[nH]2)c1=O. The molecule has 2 aromatic heterocycles. The molecule has 1 aliphatic rings. The van der Waals surface area contributed by atoms with Crippen LogP contribution in [0.1, 0.15) is 12.0 Å². The largest absolute Gasteiger partial charge is 0.354 e. The molecule has 133 valence electrons. The topological polar surface area (TPSA) is 84.1 Å². The minimum Gasteiger partial charge on any atom is -0.354 e. The minimum absolute atomic E-state index is 0.323. The van der Waals surface area contributed by atoms with Crippen molar-refractivity contribution in [3.63, 3.8) is 0 Å². The predicted molar refractivity (Wildman–Crippen MR) is 96.6 cm³/mol. The molecule has 1 radical (unpaired) electrons. The molecule has 3 aromatic rings. The maximum Gasteiger partial charge on any atom is 0.325 e. The Balaban J connectivity index is 1.67. The van der Waals surface area contributed by atoms with Crippen LogP contribution in [0.3, 0.4) is 0 Å². The highest BCUT2D eigenvalue weighted by atomic mass is 19.1.